The zero-order valence-electron chi connectivity index (χ0n) is 14.7. The number of hydroxylamine groups is 6. The first-order valence-electron chi connectivity index (χ1n) is 8.38. The van der Waals surface area contributed by atoms with Gasteiger partial charge in [0, 0.05) is 20.4 Å². The van der Waals surface area contributed by atoms with Gasteiger partial charge in [-0.3, -0.25) is 4.90 Å². The van der Waals surface area contributed by atoms with Gasteiger partial charge in [0.1, 0.15) is 5.66 Å². The molecular formula is C15H25BN4O5. The van der Waals surface area contributed by atoms with Crippen molar-refractivity contribution in [1.82, 2.24) is 15.0 Å². The van der Waals surface area contributed by atoms with E-state index >= 15 is 0 Å². The zero-order valence-corrected chi connectivity index (χ0v) is 14.7. The first-order valence-corrected chi connectivity index (χ1v) is 8.38. The van der Waals surface area contributed by atoms with Gasteiger partial charge in [-0.1, -0.05) is 30.3 Å². The molecule has 5 N–H and O–H groups in total. The molecule has 10 heteroatoms. The van der Waals surface area contributed by atoms with Crippen LogP contribution in [-0.4, -0.2) is 69.4 Å². The SMILES string of the molecule is CC12CN3C[C@@]4(C)N1O[B-]1(c5ccccc5)ON2[C@@](C)(C3)[NH+]4O1.O.O. The fourth-order valence-electron chi connectivity index (χ4n) is 5.86. The van der Waals surface area contributed by atoms with Crippen molar-refractivity contribution in [3.8, 4) is 0 Å². The fourth-order valence-corrected chi connectivity index (χ4v) is 5.86. The van der Waals surface area contributed by atoms with Crippen LogP contribution in [0.2, 0.25) is 0 Å². The van der Waals surface area contributed by atoms with E-state index in [1.54, 1.807) is 0 Å². The molecule has 138 valence electrons. The maximum Gasteiger partial charge on any atom is 0.488 e. The lowest BCUT2D eigenvalue weighted by molar-refractivity contribution is -1.20. The summed E-state index contributed by atoms with van der Waals surface area (Å²) in [6.45, 7) is 7.51. The van der Waals surface area contributed by atoms with Crippen molar-refractivity contribution < 1.29 is 30.3 Å². The predicted molar refractivity (Wildman–Crippen MR) is 88.6 cm³/mol. The summed E-state index contributed by atoms with van der Waals surface area (Å²) in [4.78, 5) is 2.50. The summed E-state index contributed by atoms with van der Waals surface area (Å²) in [5.74, 6) is 0. The minimum absolute atomic E-state index is 0. The predicted octanol–water partition coefficient (Wildman–Crippen LogP) is -3.01. The Balaban J connectivity index is 0.000000784. The number of piperazine rings is 3. The third-order valence-corrected chi connectivity index (χ3v) is 6.31. The second-order valence-electron chi connectivity index (χ2n) is 8.21. The summed E-state index contributed by atoms with van der Waals surface area (Å²) >= 11 is 0. The monoisotopic (exact) mass is 352 g/mol. The lowest BCUT2D eigenvalue weighted by Gasteiger charge is -2.82. The van der Waals surface area contributed by atoms with Gasteiger partial charge in [0.05, 0.1) is 13.1 Å². The Morgan fingerprint density at radius 1 is 0.920 bits per heavy atom. The molecule has 0 aliphatic carbocycles. The van der Waals surface area contributed by atoms with E-state index in [-0.39, 0.29) is 27.9 Å². The number of rotatable bonds is 1. The Bertz CT molecular complexity index is 645. The summed E-state index contributed by atoms with van der Waals surface area (Å²) in [5.41, 5.74) is 0.220. The number of quaternary nitrogens is 1. The molecule has 0 aromatic heterocycles. The van der Waals surface area contributed by atoms with E-state index < -0.39 is 6.75 Å². The molecule has 8 rings (SSSR count). The van der Waals surface area contributed by atoms with Gasteiger partial charge in [-0.15, -0.1) is 15.6 Å². The minimum atomic E-state index is -1.98. The first kappa shape index (κ1) is 17.3. The van der Waals surface area contributed by atoms with Gasteiger partial charge in [0.15, 0.2) is 0 Å². The number of nitrogens with one attached hydrogen (secondary N) is 1. The zero-order chi connectivity index (χ0) is 15.7. The molecular weight excluding hydrogens is 327 g/mol. The Morgan fingerprint density at radius 2 is 1.48 bits per heavy atom. The van der Waals surface area contributed by atoms with E-state index in [9.17, 15) is 0 Å². The highest BCUT2D eigenvalue weighted by atomic mass is 17.0. The van der Waals surface area contributed by atoms with E-state index in [1.807, 2.05) is 30.3 Å². The molecule has 9 nitrogen and oxygen atoms in total. The van der Waals surface area contributed by atoms with E-state index in [2.05, 4.69) is 35.8 Å². The van der Waals surface area contributed by atoms with Crippen LogP contribution in [-0.2, 0) is 14.3 Å². The maximum atomic E-state index is 6.51. The average Bonchev–Trinajstić information content (AvgIpc) is 2.52. The highest BCUT2D eigenvalue weighted by molar-refractivity contribution is 6.75. The molecule has 7 fully saturated rings. The summed E-state index contributed by atoms with van der Waals surface area (Å²) in [7, 11) is 0. The van der Waals surface area contributed by atoms with Crippen molar-refractivity contribution in [2.75, 3.05) is 19.6 Å². The van der Waals surface area contributed by atoms with Gasteiger partial charge in [-0.2, -0.15) is 5.06 Å². The van der Waals surface area contributed by atoms with Gasteiger partial charge in [0.25, 0.3) is 0 Å². The van der Waals surface area contributed by atoms with Crippen LogP contribution in [0.5, 0.6) is 0 Å². The maximum absolute atomic E-state index is 6.51. The molecule has 0 amide bonds. The summed E-state index contributed by atoms with van der Waals surface area (Å²) in [6.07, 6.45) is 0. The van der Waals surface area contributed by atoms with Crippen LogP contribution in [0.1, 0.15) is 20.8 Å². The van der Waals surface area contributed by atoms with Crippen LogP contribution in [0.4, 0.5) is 0 Å². The third-order valence-electron chi connectivity index (χ3n) is 6.31. The largest absolute Gasteiger partial charge is 0.488 e. The van der Waals surface area contributed by atoms with E-state index in [0.29, 0.717) is 0 Å². The van der Waals surface area contributed by atoms with Gasteiger partial charge < -0.3 is 25.2 Å². The highest BCUT2D eigenvalue weighted by Gasteiger charge is 2.82. The van der Waals surface area contributed by atoms with Crippen LogP contribution in [0, 0.1) is 0 Å². The fraction of sp³-hybridized carbons (Fsp3) is 0.600. The van der Waals surface area contributed by atoms with E-state index in [0.717, 1.165) is 30.2 Å². The van der Waals surface area contributed by atoms with Gasteiger partial charge in [-0.05, 0) is 6.92 Å². The molecule has 1 aromatic rings. The molecule has 0 spiro atoms. The molecule has 8 atom stereocenters. The topological polar surface area (TPSA) is 105 Å². The Kier molecular flexibility index (Phi) is 3.19. The van der Waals surface area contributed by atoms with Gasteiger partial charge in [-0.25, -0.2) is 0 Å². The van der Waals surface area contributed by atoms with Gasteiger partial charge in [0.2, 0.25) is 11.3 Å². The normalized spacial score (nSPS) is 56.4. The molecule has 1 aromatic carbocycles. The van der Waals surface area contributed by atoms with Crippen molar-refractivity contribution >= 4 is 12.2 Å². The van der Waals surface area contributed by atoms with Crippen LogP contribution in [0.15, 0.2) is 30.3 Å². The second-order valence-corrected chi connectivity index (χ2v) is 8.21. The lowest BCUT2D eigenvalue weighted by Crippen LogP contribution is -3.40. The van der Waals surface area contributed by atoms with Crippen LogP contribution in [0.25, 0.3) is 0 Å². The Hall–Kier alpha value is -1.08. The molecule has 25 heavy (non-hydrogen) atoms. The number of hydrogen-bond acceptors (Lipinski definition) is 6. The van der Waals surface area contributed by atoms with E-state index in [4.69, 9.17) is 14.3 Å². The van der Waals surface area contributed by atoms with Gasteiger partial charge >= 0.3 is 6.75 Å². The molecule has 7 aliphatic heterocycles. The Morgan fingerprint density at radius 3 is 2.04 bits per heavy atom. The summed E-state index contributed by atoms with van der Waals surface area (Å²) in [6, 6.07) is 10.0. The third kappa shape index (κ3) is 1.61. The molecule has 0 radical (unpaired) electrons. The molecule has 0 saturated carbocycles. The molecule has 7 heterocycles. The van der Waals surface area contributed by atoms with E-state index in [1.165, 1.54) is 0 Å². The van der Waals surface area contributed by atoms with Crippen molar-refractivity contribution in [3.05, 3.63) is 30.3 Å². The number of nitrogens with zero attached hydrogens (tertiary/aromatic N) is 3. The average molecular weight is 352 g/mol. The van der Waals surface area contributed by atoms with Crippen molar-refractivity contribution in [3.63, 3.8) is 0 Å². The summed E-state index contributed by atoms with van der Waals surface area (Å²) < 4.78 is 19.4. The van der Waals surface area contributed by atoms with Crippen LogP contribution in [0.3, 0.4) is 0 Å². The molecule has 7 aliphatic rings. The lowest BCUT2D eigenvalue weighted by atomic mass is 9.67. The number of hydrogen-bond donors (Lipinski definition) is 1. The summed E-state index contributed by atoms with van der Waals surface area (Å²) in [5, 5.41) is 5.42. The second kappa shape index (κ2) is 4.60. The van der Waals surface area contributed by atoms with Crippen molar-refractivity contribution in [2.24, 2.45) is 0 Å². The first-order chi connectivity index (χ1) is 10.9. The standard InChI is InChI=1S/C15H20BN4O3.2H2O/c1-13-9-17-10-14(2)18(13)21-16(12-7-5-4-6-8-12)22-19(13)15(3,11-17)20(14)23-16;;/h4-8H,9-11H2,1-3H3;2*1H2/q-1;;/p+1/t13-,14+,15?,16?;;. The van der Waals surface area contributed by atoms with Crippen molar-refractivity contribution in [1.29, 1.82) is 0 Å². The smallest absolute Gasteiger partial charge is 0.443 e. The van der Waals surface area contributed by atoms with Crippen molar-refractivity contribution in [2.45, 2.75) is 37.8 Å². The van der Waals surface area contributed by atoms with Crippen LogP contribution < -0.4 is 10.5 Å². The minimum Gasteiger partial charge on any atom is -0.443 e. The quantitative estimate of drug-likeness (QED) is 0.540. The molecule has 8 bridgehead atoms. The highest BCUT2D eigenvalue weighted by Crippen LogP contribution is 2.51. The number of benzene rings is 1. The molecule has 6 unspecified atom stereocenters. The van der Waals surface area contributed by atoms with Crippen LogP contribution >= 0.6 is 0 Å². The molecule has 7 saturated heterocycles. The Labute approximate surface area is 146 Å².